The van der Waals surface area contributed by atoms with E-state index in [9.17, 15) is 10.2 Å². The molecule has 0 radical (unpaired) electrons. The second-order valence-corrected chi connectivity index (χ2v) is 6.57. The van der Waals surface area contributed by atoms with Gasteiger partial charge in [0.05, 0.1) is 5.60 Å². The summed E-state index contributed by atoms with van der Waals surface area (Å²) >= 11 is 0. The fourth-order valence-corrected chi connectivity index (χ4v) is 3.18. The first-order valence-electron chi connectivity index (χ1n) is 8.53. The van der Waals surface area contributed by atoms with E-state index in [0.717, 1.165) is 44.6 Å². The van der Waals surface area contributed by atoms with Crippen molar-refractivity contribution in [3.05, 3.63) is 60.2 Å². The van der Waals surface area contributed by atoms with Crippen LogP contribution >= 0.6 is 0 Å². The predicted octanol–water partition coefficient (Wildman–Crippen LogP) is 2.84. The number of benzene rings is 2. The summed E-state index contributed by atoms with van der Waals surface area (Å²) in [4.78, 5) is 2.33. The number of hydrogen-bond donors (Lipinski definition) is 2. The van der Waals surface area contributed by atoms with Crippen LogP contribution in [0.5, 0.6) is 11.5 Å². The van der Waals surface area contributed by atoms with Gasteiger partial charge in [-0.25, -0.2) is 0 Å². The van der Waals surface area contributed by atoms with E-state index in [1.54, 1.807) is 24.3 Å². The molecule has 3 rings (SSSR count). The zero-order chi connectivity index (χ0) is 16.8. The highest BCUT2D eigenvalue weighted by Gasteiger charge is 2.32. The van der Waals surface area contributed by atoms with Gasteiger partial charge < -0.3 is 14.9 Å². The Morgan fingerprint density at radius 1 is 0.958 bits per heavy atom. The molecule has 0 spiro atoms. The topological polar surface area (TPSA) is 52.9 Å². The van der Waals surface area contributed by atoms with Gasteiger partial charge in [-0.2, -0.15) is 0 Å². The van der Waals surface area contributed by atoms with Gasteiger partial charge in [-0.1, -0.05) is 30.3 Å². The fourth-order valence-electron chi connectivity index (χ4n) is 3.18. The minimum absolute atomic E-state index is 0.246. The molecule has 2 aromatic rings. The third-order valence-electron chi connectivity index (χ3n) is 4.68. The zero-order valence-electron chi connectivity index (χ0n) is 13.9. The molecule has 0 aromatic heterocycles. The van der Waals surface area contributed by atoms with E-state index in [1.807, 2.05) is 18.2 Å². The number of phenols is 1. The first-order chi connectivity index (χ1) is 11.6. The van der Waals surface area contributed by atoms with Crippen molar-refractivity contribution in [2.75, 3.05) is 26.2 Å². The molecular formula is C20H25NO3. The van der Waals surface area contributed by atoms with Crippen LogP contribution in [0.1, 0.15) is 18.4 Å². The predicted molar refractivity (Wildman–Crippen MR) is 94.4 cm³/mol. The summed E-state index contributed by atoms with van der Waals surface area (Å²) in [6.45, 7) is 3.24. The lowest BCUT2D eigenvalue weighted by atomic mass is 9.85. The number of likely N-dealkylation sites (tertiary alicyclic amines) is 1. The van der Waals surface area contributed by atoms with Gasteiger partial charge in [0.2, 0.25) is 0 Å². The number of rotatable bonds is 6. The monoisotopic (exact) mass is 327 g/mol. The van der Waals surface area contributed by atoms with E-state index in [4.69, 9.17) is 4.74 Å². The molecule has 1 aliphatic heterocycles. The Morgan fingerprint density at radius 3 is 2.29 bits per heavy atom. The van der Waals surface area contributed by atoms with Crippen LogP contribution in [0.3, 0.4) is 0 Å². The van der Waals surface area contributed by atoms with Crippen molar-refractivity contribution in [2.45, 2.75) is 24.9 Å². The summed E-state index contributed by atoms with van der Waals surface area (Å²) in [7, 11) is 0. The molecule has 0 aliphatic carbocycles. The molecule has 0 unspecified atom stereocenters. The first kappa shape index (κ1) is 16.8. The van der Waals surface area contributed by atoms with E-state index in [2.05, 4.69) is 17.0 Å². The van der Waals surface area contributed by atoms with Crippen LogP contribution in [0.4, 0.5) is 0 Å². The van der Waals surface area contributed by atoms with Crippen LogP contribution in [0.25, 0.3) is 0 Å². The molecule has 1 fully saturated rings. The van der Waals surface area contributed by atoms with E-state index in [-0.39, 0.29) is 5.75 Å². The van der Waals surface area contributed by atoms with Gasteiger partial charge in [0.25, 0.3) is 0 Å². The van der Waals surface area contributed by atoms with Gasteiger partial charge in [-0.3, -0.25) is 4.90 Å². The number of aromatic hydroxyl groups is 1. The number of hydrogen-bond acceptors (Lipinski definition) is 4. The lowest BCUT2D eigenvalue weighted by Crippen LogP contribution is -2.46. The van der Waals surface area contributed by atoms with Gasteiger partial charge in [-0.05, 0) is 42.7 Å². The van der Waals surface area contributed by atoms with Crippen molar-refractivity contribution in [3.8, 4) is 11.5 Å². The molecular weight excluding hydrogens is 302 g/mol. The van der Waals surface area contributed by atoms with Crippen LogP contribution < -0.4 is 4.74 Å². The molecule has 24 heavy (non-hydrogen) atoms. The maximum Gasteiger partial charge on any atom is 0.119 e. The maximum atomic E-state index is 10.8. The minimum atomic E-state index is -0.588. The summed E-state index contributed by atoms with van der Waals surface area (Å²) in [5.74, 6) is 1.02. The lowest BCUT2D eigenvalue weighted by Gasteiger charge is -2.38. The number of ether oxygens (including phenoxy) is 1. The third kappa shape index (κ3) is 4.73. The second-order valence-electron chi connectivity index (χ2n) is 6.57. The highest BCUT2D eigenvalue weighted by molar-refractivity contribution is 5.30. The number of phenolic OH excluding ortho intramolecular Hbond substituents is 1. The first-order valence-corrected chi connectivity index (χ1v) is 8.53. The minimum Gasteiger partial charge on any atom is -0.508 e. The maximum absolute atomic E-state index is 10.8. The molecule has 4 heteroatoms. The molecule has 2 N–H and O–H groups in total. The average Bonchev–Trinajstić information content (AvgIpc) is 2.59. The highest BCUT2D eigenvalue weighted by Crippen LogP contribution is 2.26. The Bertz CT molecular complexity index is 619. The quantitative estimate of drug-likeness (QED) is 0.857. The summed E-state index contributed by atoms with van der Waals surface area (Å²) < 4.78 is 5.70. The van der Waals surface area contributed by atoms with E-state index >= 15 is 0 Å². The number of piperidine rings is 1. The molecule has 1 heterocycles. The van der Waals surface area contributed by atoms with Crippen LogP contribution in [0.15, 0.2) is 54.6 Å². The highest BCUT2D eigenvalue weighted by atomic mass is 16.5. The SMILES string of the molecule is Oc1ccc(OCCN2CCC(O)(Cc3ccccc3)CC2)cc1. The van der Waals surface area contributed by atoms with Crippen molar-refractivity contribution in [1.82, 2.24) is 4.90 Å². The number of nitrogens with zero attached hydrogens (tertiary/aromatic N) is 1. The third-order valence-corrected chi connectivity index (χ3v) is 4.68. The fraction of sp³-hybridized carbons (Fsp3) is 0.400. The van der Waals surface area contributed by atoms with Crippen LogP contribution in [-0.2, 0) is 6.42 Å². The molecule has 0 atom stereocenters. The van der Waals surface area contributed by atoms with Crippen LogP contribution in [0.2, 0.25) is 0 Å². The summed E-state index contributed by atoms with van der Waals surface area (Å²) in [6.07, 6.45) is 2.31. The zero-order valence-corrected chi connectivity index (χ0v) is 13.9. The van der Waals surface area contributed by atoms with E-state index in [0.29, 0.717) is 6.61 Å². The van der Waals surface area contributed by atoms with Crippen molar-refractivity contribution in [3.63, 3.8) is 0 Å². The molecule has 128 valence electrons. The van der Waals surface area contributed by atoms with Crippen molar-refractivity contribution in [1.29, 1.82) is 0 Å². The van der Waals surface area contributed by atoms with Gasteiger partial charge in [0.1, 0.15) is 18.1 Å². The normalized spacial score (nSPS) is 17.5. The molecule has 1 aliphatic rings. The molecule has 2 aromatic carbocycles. The van der Waals surface area contributed by atoms with E-state index in [1.165, 1.54) is 5.56 Å². The van der Waals surface area contributed by atoms with Crippen molar-refractivity contribution in [2.24, 2.45) is 0 Å². The number of aliphatic hydroxyl groups is 1. The average molecular weight is 327 g/mol. The van der Waals surface area contributed by atoms with Gasteiger partial charge in [0.15, 0.2) is 0 Å². The second kappa shape index (κ2) is 7.69. The van der Waals surface area contributed by atoms with Gasteiger partial charge >= 0.3 is 0 Å². The Morgan fingerprint density at radius 2 is 1.62 bits per heavy atom. The molecule has 0 saturated carbocycles. The summed E-state index contributed by atoms with van der Waals surface area (Å²) in [5, 5.41) is 20.0. The lowest BCUT2D eigenvalue weighted by molar-refractivity contribution is -0.0226. The Hall–Kier alpha value is -2.04. The molecule has 0 amide bonds. The Balaban J connectivity index is 1.41. The van der Waals surface area contributed by atoms with Crippen LogP contribution in [0, 0.1) is 0 Å². The molecule has 0 bridgehead atoms. The van der Waals surface area contributed by atoms with Crippen molar-refractivity contribution < 1.29 is 14.9 Å². The Labute approximate surface area is 143 Å². The summed E-state index contributed by atoms with van der Waals surface area (Å²) in [6, 6.07) is 17.0. The molecule has 4 nitrogen and oxygen atoms in total. The Kier molecular flexibility index (Phi) is 5.38. The van der Waals surface area contributed by atoms with Gasteiger partial charge in [-0.15, -0.1) is 0 Å². The molecule has 1 saturated heterocycles. The smallest absolute Gasteiger partial charge is 0.119 e. The standard InChI is InChI=1S/C20H25NO3/c22-18-6-8-19(9-7-18)24-15-14-21-12-10-20(23,11-13-21)16-17-4-2-1-3-5-17/h1-9,22-23H,10-16H2. The van der Waals surface area contributed by atoms with E-state index < -0.39 is 5.60 Å². The van der Waals surface area contributed by atoms with Crippen molar-refractivity contribution >= 4 is 0 Å². The summed E-state index contributed by atoms with van der Waals surface area (Å²) in [5.41, 5.74) is 0.611. The van der Waals surface area contributed by atoms with Crippen LogP contribution in [-0.4, -0.2) is 47.0 Å². The van der Waals surface area contributed by atoms with Gasteiger partial charge in [0, 0.05) is 26.1 Å². The largest absolute Gasteiger partial charge is 0.508 e.